The normalized spacial score (nSPS) is 19.7. The van der Waals surface area contributed by atoms with Crippen molar-refractivity contribution < 1.29 is 9.53 Å². The number of amides is 1. The number of rotatable bonds is 5. The average Bonchev–Trinajstić information content (AvgIpc) is 3.46. The molecule has 2 aliphatic rings. The molecule has 32 heavy (non-hydrogen) atoms. The van der Waals surface area contributed by atoms with Crippen LogP contribution in [0.25, 0.3) is 11.2 Å². The molecule has 1 atom stereocenters. The number of imidazole rings is 1. The first-order valence-electron chi connectivity index (χ1n) is 11.4. The molecule has 0 aromatic carbocycles. The van der Waals surface area contributed by atoms with Gasteiger partial charge < -0.3 is 19.5 Å². The fraction of sp³-hybridized carbons (Fsp3) is 0.522. The zero-order chi connectivity index (χ0) is 22.1. The Kier molecular flexibility index (Phi) is 5.73. The number of carbonyl (C=O) groups is 1. The second-order valence-corrected chi connectivity index (χ2v) is 8.89. The highest BCUT2D eigenvalue weighted by atomic mass is 16.5. The number of hydrogen-bond acceptors (Lipinski definition) is 7. The molecule has 3 aromatic rings. The summed E-state index contributed by atoms with van der Waals surface area (Å²) < 4.78 is 7.47. The van der Waals surface area contributed by atoms with Crippen LogP contribution in [0.5, 0.6) is 0 Å². The Hall–Kier alpha value is -3.07. The highest BCUT2D eigenvalue weighted by Gasteiger charge is 2.27. The van der Waals surface area contributed by atoms with Crippen molar-refractivity contribution in [2.45, 2.75) is 51.1 Å². The first-order chi connectivity index (χ1) is 15.6. The Morgan fingerprint density at radius 1 is 1.19 bits per heavy atom. The van der Waals surface area contributed by atoms with Gasteiger partial charge >= 0.3 is 0 Å². The molecular formula is C23H29N7O2. The summed E-state index contributed by atoms with van der Waals surface area (Å²) in [6.07, 6.45) is 8.11. The minimum absolute atomic E-state index is 0.0433. The van der Waals surface area contributed by atoms with Crippen molar-refractivity contribution in [3.8, 4) is 0 Å². The molecule has 1 amide bonds. The van der Waals surface area contributed by atoms with Gasteiger partial charge in [-0.25, -0.2) is 19.9 Å². The average molecular weight is 436 g/mol. The van der Waals surface area contributed by atoms with Gasteiger partial charge in [-0.1, -0.05) is 0 Å². The monoisotopic (exact) mass is 435 g/mol. The van der Waals surface area contributed by atoms with Gasteiger partial charge in [0.15, 0.2) is 5.65 Å². The summed E-state index contributed by atoms with van der Waals surface area (Å²) in [6, 6.07) is 4.13. The lowest BCUT2D eigenvalue weighted by atomic mass is 9.96. The zero-order valence-electron chi connectivity index (χ0n) is 18.6. The lowest BCUT2D eigenvalue weighted by Crippen LogP contribution is -2.37. The van der Waals surface area contributed by atoms with Crippen LogP contribution in [-0.2, 0) is 4.74 Å². The van der Waals surface area contributed by atoms with Crippen LogP contribution in [0.3, 0.4) is 0 Å². The van der Waals surface area contributed by atoms with Crippen LogP contribution in [0.2, 0.25) is 0 Å². The zero-order valence-corrected chi connectivity index (χ0v) is 18.6. The van der Waals surface area contributed by atoms with E-state index in [1.807, 2.05) is 22.9 Å². The summed E-state index contributed by atoms with van der Waals surface area (Å²) in [5.74, 6) is 1.06. The summed E-state index contributed by atoms with van der Waals surface area (Å²) >= 11 is 0. The third-order valence-corrected chi connectivity index (χ3v) is 6.34. The number of anilines is 1. The maximum Gasteiger partial charge on any atom is 0.253 e. The number of pyridine rings is 1. The minimum atomic E-state index is -0.123. The second-order valence-electron chi connectivity index (χ2n) is 8.89. The number of nitrogens with zero attached hydrogens (tertiary/aromatic N) is 6. The van der Waals surface area contributed by atoms with E-state index in [1.165, 1.54) is 0 Å². The van der Waals surface area contributed by atoms with Crippen LogP contribution in [0.15, 0.2) is 30.9 Å². The minimum Gasteiger partial charge on any atom is -0.381 e. The van der Waals surface area contributed by atoms with Gasteiger partial charge in [-0.05, 0) is 45.2 Å². The highest BCUT2D eigenvalue weighted by Crippen LogP contribution is 2.27. The lowest BCUT2D eigenvalue weighted by Gasteiger charge is -2.23. The van der Waals surface area contributed by atoms with E-state index in [9.17, 15) is 4.79 Å². The highest BCUT2D eigenvalue weighted by molar-refractivity contribution is 5.96. The van der Waals surface area contributed by atoms with Crippen molar-refractivity contribution in [2.75, 3.05) is 31.2 Å². The molecule has 168 valence electrons. The van der Waals surface area contributed by atoms with Crippen molar-refractivity contribution in [3.05, 3.63) is 42.1 Å². The molecule has 9 nitrogen and oxygen atoms in total. The molecule has 0 saturated carbocycles. The van der Waals surface area contributed by atoms with Crippen molar-refractivity contribution >= 4 is 23.0 Å². The van der Waals surface area contributed by atoms with Crippen LogP contribution < -0.4 is 10.2 Å². The molecule has 1 unspecified atom stereocenters. The molecule has 2 saturated heterocycles. The van der Waals surface area contributed by atoms with Crippen LogP contribution >= 0.6 is 0 Å². The quantitative estimate of drug-likeness (QED) is 0.658. The van der Waals surface area contributed by atoms with Crippen LogP contribution in [0.1, 0.15) is 61.1 Å². The molecule has 0 bridgehead atoms. The predicted molar refractivity (Wildman–Crippen MR) is 121 cm³/mol. The molecule has 0 aliphatic carbocycles. The second kappa shape index (κ2) is 8.82. The number of ether oxygens (including phenoxy) is 1. The number of nitrogens with one attached hydrogen (secondary N) is 1. The Morgan fingerprint density at radius 3 is 2.84 bits per heavy atom. The van der Waals surface area contributed by atoms with Gasteiger partial charge in [0, 0.05) is 62.4 Å². The van der Waals surface area contributed by atoms with Gasteiger partial charge in [0.25, 0.3) is 5.91 Å². The van der Waals surface area contributed by atoms with E-state index in [2.05, 4.69) is 39.0 Å². The maximum atomic E-state index is 12.8. The fourth-order valence-electron chi connectivity index (χ4n) is 4.48. The maximum absolute atomic E-state index is 12.8. The van der Waals surface area contributed by atoms with Gasteiger partial charge in [0.2, 0.25) is 5.95 Å². The Morgan fingerprint density at radius 2 is 2.03 bits per heavy atom. The Balaban J connectivity index is 1.23. The predicted octanol–water partition coefficient (Wildman–Crippen LogP) is 2.70. The first-order valence-corrected chi connectivity index (χ1v) is 11.4. The van der Waals surface area contributed by atoms with Crippen molar-refractivity contribution in [3.63, 3.8) is 0 Å². The molecular weight excluding hydrogens is 406 g/mol. The molecule has 5 rings (SSSR count). The summed E-state index contributed by atoms with van der Waals surface area (Å²) in [5, 5.41) is 3.14. The third kappa shape index (κ3) is 4.17. The molecule has 5 heterocycles. The van der Waals surface area contributed by atoms with E-state index in [-0.39, 0.29) is 18.0 Å². The largest absolute Gasteiger partial charge is 0.381 e. The lowest BCUT2D eigenvalue weighted by molar-refractivity contribution is 0.0845. The summed E-state index contributed by atoms with van der Waals surface area (Å²) in [5.41, 5.74) is 3.15. The van der Waals surface area contributed by atoms with Gasteiger partial charge in [-0.3, -0.25) is 4.79 Å². The molecule has 2 fully saturated rings. The summed E-state index contributed by atoms with van der Waals surface area (Å²) in [7, 11) is 0. The Bertz CT molecular complexity index is 1110. The molecule has 9 heteroatoms. The van der Waals surface area contributed by atoms with Crippen LogP contribution in [0.4, 0.5) is 5.95 Å². The van der Waals surface area contributed by atoms with Gasteiger partial charge in [-0.2, -0.15) is 0 Å². The number of carbonyl (C=O) groups excluding carboxylic acids is 1. The van der Waals surface area contributed by atoms with Crippen LogP contribution in [-0.4, -0.2) is 62.8 Å². The van der Waals surface area contributed by atoms with Gasteiger partial charge in [0.05, 0.1) is 11.9 Å². The Labute approximate surface area is 187 Å². The first kappa shape index (κ1) is 20.8. The molecule has 2 aliphatic heterocycles. The van der Waals surface area contributed by atoms with E-state index in [1.54, 1.807) is 12.5 Å². The van der Waals surface area contributed by atoms with Crippen molar-refractivity contribution in [1.29, 1.82) is 0 Å². The van der Waals surface area contributed by atoms with E-state index in [4.69, 9.17) is 9.72 Å². The van der Waals surface area contributed by atoms with E-state index in [0.29, 0.717) is 18.0 Å². The molecule has 1 N–H and O–H groups in total. The smallest absolute Gasteiger partial charge is 0.253 e. The molecule has 0 radical (unpaired) electrons. The summed E-state index contributed by atoms with van der Waals surface area (Å²) in [6.45, 7) is 7.26. The van der Waals surface area contributed by atoms with E-state index < -0.39 is 0 Å². The standard InChI is InChI=1S/C23H29N7O2/c1-15(2)30-14-26-20-11-17(12-25-21(20)30)22(31)27-18-4-8-29(13-18)23-24-7-3-19(28-23)16-5-9-32-10-6-16/h3,7,11-12,14-16,18H,4-6,8-10,13H2,1-2H3,(H,27,31). The SMILES string of the molecule is CC(C)n1cnc2cc(C(=O)NC3CCN(c4nccc(C5CCOCC5)n4)C3)cnc21. The summed E-state index contributed by atoms with van der Waals surface area (Å²) in [4.78, 5) is 33.2. The third-order valence-electron chi connectivity index (χ3n) is 6.34. The molecule has 3 aromatic heterocycles. The number of aromatic nitrogens is 5. The fourth-order valence-corrected chi connectivity index (χ4v) is 4.48. The van der Waals surface area contributed by atoms with Crippen molar-refractivity contribution in [2.24, 2.45) is 0 Å². The number of fused-ring (bicyclic) bond motifs is 1. The number of hydrogen-bond donors (Lipinski definition) is 1. The topological polar surface area (TPSA) is 98.1 Å². The van der Waals surface area contributed by atoms with Crippen molar-refractivity contribution in [1.82, 2.24) is 29.8 Å². The molecule has 0 spiro atoms. The van der Waals surface area contributed by atoms with Gasteiger partial charge in [-0.15, -0.1) is 0 Å². The van der Waals surface area contributed by atoms with E-state index in [0.717, 1.165) is 61.8 Å². The van der Waals surface area contributed by atoms with Crippen LogP contribution in [0, 0.1) is 0 Å². The van der Waals surface area contributed by atoms with Gasteiger partial charge in [0.1, 0.15) is 5.52 Å². The van der Waals surface area contributed by atoms with E-state index >= 15 is 0 Å².